The Morgan fingerprint density at radius 3 is 2.81 bits per heavy atom. The predicted octanol–water partition coefficient (Wildman–Crippen LogP) is 0.445. The van der Waals surface area contributed by atoms with Crippen LogP contribution in [0.15, 0.2) is 27.3 Å². The Labute approximate surface area is 120 Å². The van der Waals surface area contributed by atoms with E-state index in [-0.39, 0.29) is 18.1 Å². The fraction of sp³-hybridized carbons (Fsp3) is 0.385. The summed E-state index contributed by atoms with van der Waals surface area (Å²) >= 11 is 0. The van der Waals surface area contributed by atoms with E-state index in [0.29, 0.717) is 17.1 Å². The van der Waals surface area contributed by atoms with Crippen LogP contribution >= 0.6 is 0 Å². The Hall–Kier alpha value is -2.64. The van der Waals surface area contributed by atoms with Crippen LogP contribution in [0.4, 0.5) is 5.95 Å². The number of hydrogen-bond acceptors (Lipinski definition) is 5. The molecule has 0 unspecified atom stereocenters. The summed E-state index contributed by atoms with van der Waals surface area (Å²) < 4.78 is 4.30. The van der Waals surface area contributed by atoms with Gasteiger partial charge in [0.05, 0.1) is 11.8 Å². The number of hydrogen-bond donors (Lipinski definition) is 1. The van der Waals surface area contributed by atoms with E-state index < -0.39 is 5.69 Å². The third kappa shape index (κ3) is 1.68. The van der Waals surface area contributed by atoms with Crippen LogP contribution in [0.3, 0.4) is 0 Å². The summed E-state index contributed by atoms with van der Waals surface area (Å²) in [6.07, 6.45) is 1.52. The molecule has 0 fully saturated rings. The Morgan fingerprint density at radius 1 is 1.43 bits per heavy atom. The summed E-state index contributed by atoms with van der Waals surface area (Å²) in [7, 11) is 1.60. The number of allylic oxidation sites excluding steroid dienone is 1. The predicted molar refractivity (Wildman–Crippen MR) is 80.9 cm³/mol. The van der Waals surface area contributed by atoms with Crippen LogP contribution in [-0.4, -0.2) is 24.4 Å². The van der Waals surface area contributed by atoms with Crippen molar-refractivity contribution in [3.63, 3.8) is 0 Å². The van der Waals surface area contributed by atoms with Gasteiger partial charge in [-0.3, -0.25) is 18.5 Å². The smallest absolute Gasteiger partial charge is 0.294 e. The highest BCUT2D eigenvalue weighted by molar-refractivity contribution is 5.90. The quantitative estimate of drug-likeness (QED) is 0.813. The molecule has 0 radical (unpaired) electrons. The Bertz CT molecular complexity index is 898. The maximum atomic E-state index is 12.7. The molecule has 21 heavy (non-hydrogen) atoms. The summed E-state index contributed by atoms with van der Waals surface area (Å²) in [5.74, 6) is 0.464. The summed E-state index contributed by atoms with van der Waals surface area (Å²) in [5, 5.41) is 4.16. The van der Waals surface area contributed by atoms with Crippen molar-refractivity contribution < 1.29 is 0 Å². The Kier molecular flexibility index (Phi) is 2.82. The average molecular weight is 288 g/mol. The molecule has 8 heteroatoms. The van der Waals surface area contributed by atoms with E-state index in [9.17, 15) is 9.59 Å². The minimum Gasteiger partial charge on any atom is -0.294 e. The summed E-state index contributed by atoms with van der Waals surface area (Å²) in [6.45, 7) is 7.56. The zero-order chi connectivity index (χ0) is 15.3. The van der Waals surface area contributed by atoms with E-state index >= 15 is 0 Å². The highest BCUT2D eigenvalue weighted by Gasteiger charge is 2.26. The molecule has 0 bridgehead atoms. The van der Waals surface area contributed by atoms with Gasteiger partial charge in [0.2, 0.25) is 5.95 Å². The topological polar surface area (TPSA) is 86.2 Å². The second-order valence-corrected chi connectivity index (χ2v) is 5.06. The molecule has 0 spiro atoms. The molecule has 1 N–H and O–H groups in total. The molecule has 0 aliphatic carbocycles. The van der Waals surface area contributed by atoms with E-state index in [0.717, 1.165) is 10.3 Å². The number of anilines is 1. The number of fused-ring (bicyclic) bond motifs is 3. The minimum atomic E-state index is -0.409. The lowest BCUT2D eigenvalue weighted by Crippen LogP contribution is -2.39. The zero-order valence-electron chi connectivity index (χ0n) is 12.1. The molecule has 0 aromatic carbocycles. The van der Waals surface area contributed by atoms with Crippen LogP contribution < -0.4 is 16.7 Å². The molecule has 110 valence electrons. The maximum absolute atomic E-state index is 12.7. The number of rotatable bonds is 2. The molecule has 3 heterocycles. The first-order valence-electron chi connectivity index (χ1n) is 6.60. The van der Waals surface area contributed by atoms with Crippen molar-refractivity contribution >= 4 is 22.8 Å². The van der Waals surface area contributed by atoms with Crippen LogP contribution in [0, 0.1) is 0 Å². The van der Waals surface area contributed by atoms with Crippen molar-refractivity contribution in [1.82, 2.24) is 18.7 Å². The van der Waals surface area contributed by atoms with Crippen molar-refractivity contribution in [2.24, 2.45) is 12.1 Å². The first kappa shape index (κ1) is 13.3. The van der Waals surface area contributed by atoms with Crippen molar-refractivity contribution in [2.45, 2.75) is 26.4 Å². The number of aromatic nitrogens is 4. The molecule has 0 saturated heterocycles. The molecular weight excluding hydrogens is 272 g/mol. The van der Waals surface area contributed by atoms with Crippen LogP contribution in [0.2, 0.25) is 0 Å². The number of hydrazone groups is 1. The van der Waals surface area contributed by atoms with Gasteiger partial charge in [-0.25, -0.2) is 10.2 Å². The van der Waals surface area contributed by atoms with Gasteiger partial charge in [-0.15, -0.1) is 6.58 Å². The molecule has 8 nitrogen and oxygen atoms in total. The fourth-order valence-corrected chi connectivity index (χ4v) is 2.50. The normalized spacial score (nSPS) is 17.3. The lowest BCUT2D eigenvalue weighted by molar-refractivity contribution is 0.653. The summed E-state index contributed by atoms with van der Waals surface area (Å²) in [5.41, 5.74) is 3.62. The summed E-state index contributed by atoms with van der Waals surface area (Å²) in [6, 6.07) is -0.103. The first-order valence-corrected chi connectivity index (χ1v) is 6.60. The van der Waals surface area contributed by atoms with Crippen molar-refractivity contribution in [2.75, 3.05) is 5.43 Å². The van der Waals surface area contributed by atoms with E-state index in [2.05, 4.69) is 22.1 Å². The number of aryl methyl sites for hydroxylation is 1. The van der Waals surface area contributed by atoms with Gasteiger partial charge in [0, 0.05) is 13.6 Å². The molecule has 2 aromatic rings. The standard InChI is InChI=1S/C13H16N6O2/c1-5-6-18-11(20)9-10(17(4)13(18)21)14-12-16-15-7(2)8(3)19(9)12/h5,8H,1,6H2,2-4H3,(H,14,16)/t8-/m0/s1. The van der Waals surface area contributed by atoms with E-state index in [1.54, 1.807) is 11.6 Å². The van der Waals surface area contributed by atoms with Gasteiger partial charge >= 0.3 is 5.69 Å². The largest absolute Gasteiger partial charge is 0.332 e. The Morgan fingerprint density at radius 2 is 2.14 bits per heavy atom. The molecule has 0 amide bonds. The third-order valence-corrected chi connectivity index (χ3v) is 3.81. The second-order valence-electron chi connectivity index (χ2n) is 5.06. The van der Waals surface area contributed by atoms with Crippen molar-refractivity contribution in [3.05, 3.63) is 33.5 Å². The molecule has 3 rings (SSSR count). The van der Waals surface area contributed by atoms with E-state index in [4.69, 9.17) is 0 Å². The van der Waals surface area contributed by atoms with E-state index in [1.807, 2.05) is 13.8 Å². The Balaban J connectivity index is 2.47. The average Bonchev–Trinajstić information content (AvgIpc) is 2.85. The monoisotopic (exact) mass is 288 g/mol. The van der Waals surface area contributed by atoms with Crippen LogP contribution in [0.25, 0.3) is 11.2 Å². The second kappa shape index (κ2) is 4.44. The molecule has 2 aromatic heterocycles. The van der Waals surface area contributed by atoms with E-state index in [1.165, 1.54) is 10.6 Å². The highest BCUT2D eigenvalue weighted by atomic mass is 16.2. The zero-order valence-corrected chi connectivity index (χ0v) is 12.1. The van der Waals surface area contributed by atoms with Gasteiger partial charge in [0.25, 0.3) is 5.56 Å². The van der Waals surface area contributed by atoms with Gasteiger partial charge in [0.15, 0.2) is 11.2 Å². The number of nitrogens with zero attached hydrogens (tertiary/aromatic N) is 5. The van der Waals surface area contributed by atoms with Gasteiger partial charge in [0.1, 0.15) is 0 Å². The molecule has 1 aliphatic rings. The molecule has 1 aliphatic heterocycles. The van der Waals surface area contributed by atoms with Crippen LogP contribution in [0.1, 0.15) is 19.9 Å². The lowest BCUT2D eigenvalue weighted by atomic mass is 10.2. The molecular formula is C13H16N6O2. The van der Waals surface area contributed by atoms with Gasteiger partial charge in [-0.05, 0) is 13.8 Å². The minimum absolute atomic E-state index is 0.103. The SMILES string of the molecule is C=CCn1c(=O)c2c(nc3n2[C@@H](C)C(C)=NN3)n(C)c1=O. The van der Waals surface area contributed by atoms with Crippen molar-refractivity contribution in [1.29, 1.82) is 0 Å². The van der Waals surface area contributed by atoms with Gasteiger partial charge in [-0.2, -0.15) is 10.1 Å². The van der Waals surface area contributed by atoms with Gasteiger partial charge < -0.3 is 0 Å². The molecule has 1 atom stereocenters. The number of imidazole rings is 1. The summed E-state index contributed by atoms with van der Waals surface area (Å²) in [4.78, 5) is 29.2. The lowest BCUT2D eigenvalue weighted by Gasteiger charge is -2.21. The first-order chi connectivity index (χ1) is 9.97. The number of nitrogens with one attached hydrogen (secondary N) is 1. The van der Waals surface area contributed by atoms with Crippen LogP contribution in [0.5, 0.6) is 0 Å². The fourth-order valence-electron chi connectivity index (χ4n) is 2.50. The highest BCUT2D eigenvalue weighted by Crippen LogP contribution is 2.25. The third-order valence-electron chi connectivity index (χ3n) is 3.81. The molecule has 0 saturated carbocycles. The van der Waals surface area contributed by atoms with Crippen molar-refractivity contribution in [3.8, 4) is 0 Å². The maximum Gasteiger partial charge on any atom is 0.332 e. The van der Waals surface area contributed by atoms with Crippen LogP contribution in [-0.2, 0) is 13.6 Å². The van der Waals surface area contributed by atoms with Gasteiger partial charge in [-0.1, -0.05) is 6.08 Å².